The smallest absolute Gasteiger partial charge is 0.149 e. The molecule has 0 amide bonds. The monoisotopic (exact) mass is 176 g/mol. The molecule has 0 spiro atoms. The normalized spacial score (nSPS) is 12.5. The van der Waals surface area contributed by atoms with Crippen molar-refractivity contribution in [3.05, 3.63) is 0 Å². The molecule has 11 heavy (non-hydrogen) atoms. The van der Waals surface area contributed by atoms with E-state index in [0.717, 1.165) is 11.7 Å². The summed E-state index contributed by atoms with van der Waals surface area (Å²) in [6, 6.07) is 0. The summed E-state index contributed by atoms with van der Waals surface area (Å²) in [7, 11) is 0. The van der Waals surface area contributed by atoms with Gasteiger partial charge in [-0.15, -0.1) is 0 Å². The van der Waals surface area contributed by atoms with Crippen LogP contribution in [-0.4, -0.2) is 22.5 Å². The van der Waals surface area contributed by atoms with Gasteiger partial charge in [0.1, 0.15) is 5.84 Å². The van der Waals surface area contributed by atoms with E-state index in [1.165, 1.54) is 6.42 Å². The molecule has 3 N–H and O–H groups in total. The van der Waals surface area contributed by atoms with Crippen LogP contribution in [-0.2, 0) is 0 Å². The third-order valence-electron chi connectivity index (χ3n) is 1.22. The Balaban J connectivity index is 3.15. The maximum atomic E-state index is 8.19. The third kappa shape index (κ3) is 7.52. The Hall–Kier alpha value is -0.380. The quantitative estimate of drug-likeness (QED) is 0.219. The highest BCUT2D eigenvalue weighted by Gasteiger charge is 1.96. The first-order valence-corrected chi connectivity index (χ1v) is 4.86. The van der Waals surface area contributed by atoms with Crippen LogP contribution < -0.4 is 5.73 Å². The van der Waals surface area contributed by atoms with E-state index in [4.69, 9.17) is 10.9 Å². The van der Waals surface area contributed by atoms with Gasteiger partial charge in [0.15, 0.2) is 0 Å². The number of hydrogen-bond donors (Lipinski definition) is 2. The van der Waals surface area contributed by atoms with Crippen LogP contribution in [0.5, 0.6) is 0 Å². The third-order valence-corrected chi connectivity index (χ3v) is 2.24. The predicted molar refractivity (Wildman–Crippen MR) is 50.2 cm³/mol. The lowest BCUT2D eigenvalue weighted by atomic mass is 10.2. The summed E-state index contributed by atoms with van der Waals surface area (Å²) >= 11 is 1.70. The van der Waals surface area contributed by atoms with Crippen LogP contribution >= 0.6 is 11.8 Å². The Morgan fingerprint density at radius 2 is 2.27 bits per heavy atom. The zero-order chi connectivity index (χ0) is 8.69. The standard InChI is InChI=1S/C7H16N2OS/c1-6(2)3-4-11-5-7(8)9-10/h6,10H,3-5H2,1-2H3,(H2,8,9). The van der Waals surface area contributed by atoms with Crippen LogP contribution in [0.4, 0.5) is 0 Å². The molecule has 3 nitrogen and oxygen atoms in total. The summed E-state index contributed by atoms with van der Waals surface area (Å²) in [5, 5.41) is 11.1. The lowest BCUT2D eigenvalue weighted by Crippen LogP contribution is -2.14. The molecular weight excluding hydrogens is 160 g/mol. The average molecular weight is 176 g/mol. The first-order valence-electron chi connectivity index (χ1n) is 3.71. The van der Waals surface area contributed by atoms with Gasteiger partial charge in [0.2, 0.25) is 0 Å². The average Bonchev–Trinajstić information content (AvgIpc) is 1.97. The summed E-state index contributed by atoms with van der Waals surface area (Å²) in [5.74, 6) is 2.74. The van der Waals surface area contributed by atoms with Crippen molar-refractivity contribution in [2.24, 2.45) is 16.8 Å². The van der Waals surface area contributed by atoms with E-state index in [0.29, 0.717) is 11.6 Å². The fraction of sp³-hybridized carbons (Fsp3) is 0.857. The Labute approximate surface area is 72.0 Å². The number of nitrogens with two attached hydrogens (primary N) is 1. The highest BCUT2D eigenvalue weighted by atomic mass is 32.2. The van der Waals surface area contributed by atoms with Crippen molar-refractivity contribution in [2.75, 3.05) is 11.5 Å². The molecule has 0 aromatic heterocycles. The lowest BCUT2D eigenvalue weighted by Gasteiger charge is -2.02. The van der Waals surface area contributed by atoms with Gasteiger partial charge in [0.05, 0.1) is 5.75 Å². The first-order chi connectivity index (χ1) is 5.16. The van der Waals surface area contributed by atoms with E-state index < -0.39 is 0 Å². The molecule has 0 rings (SSSR count). The molecule has 0 aliphatic rings. The van der Waals surface area contributed by atoms with Crippen molar-refractivity contribution in [1.82, 2.24) is 0 Å². The molecule has 0 radical (unpaired) electrons. The van der Waals surface area contributed by atoms with Gasteiger partial charge in [-0.2, -0.15) is 11.8 Å². The van der Waals surface area contributed by atoms with E-state index in [-0.39, 0.29) is 0 Å². The highest BCUT2D eigenvalue weighted by molar-refractivity contribution is 7.99. The molecule has 0 aromatic rings. The van der Waals surface area contributed by atoms with Gasteiger partial charge in [0.25, 0.3) is 0 Å². The highest BCUT2D eigenvalue weighted by Crippen LogP contribution is 2.07. The van der Waals surface area contributed by atoms with Crippen LogP contribution in [0.3, 0.4) is 0 Å². The first kappa shape index (κ1) is 10.6. The topological polar surface area (TPSA) is 58.6 Å². The molecule has 0 fully saturated rings. The number of rotatable bonds is 5. The number of amidine groups is 1. The van der Waals surface area contributed by atoms with E-state index >= 15 is 0 Å². The SMILES string of the molecule is CC(C)CCSCC(N)=NO. The molecule has 66 valence electrons. The molecule has 0 aliphatic carbocycles. The van der Waals surface area contributed by atoms with Crippen LogP contribution in [0, 0.1) is 5.92 Å². The van der Waals surface area contributed by atoms with Crippen molar-refractivity contribution in [3.8, 4) is 0 Å². The summed E-state index contributed by atoms with van der Waals surface area (Å²) in [4.78, 5) is 0. The number of hydrogen-bond acceptors (Lipinski definition) is 3. The summed E-state index contributed by atoms with van der Waals surface area (Å²) in [5.41, 5.74) is 5.27. The number of nitrogens with zero attached hydrogens (tertiary/aromatic N) is 1. The fourth-order valence-corrected chi connectivity index (χ4v) is 1.57. The second-order valence-electron chi connectivity index (χ2n) is 2.83. The van der Waals surface area contributed by atoms with Gasteiger partial charge >= 0.3 is 0 Å². The maximum Gasteiger partial charge on any atom is 0.149 e. The van der Waals surface area contributed by atoms with E-state index in [2.05, 4.69) is 19.0 Å². The molecule has 0 atom stereocenters. The molecule has 0 saturated carbocycles. The molecule has 4 heteroatoms. The minimum Gasteiger partial charge on any atom is -0.409 e. The van der Waals surface area contributed by atoms with E-state index in [1.54, 1.807) is 11.8 Å². The van der Waals surface area contributed by atoms with Gasteiger partial charge in [-0.3, -0.25) is 0 Å². The molecule has 0 saturated heterocycles. The Morgan fingerprint density at radius 1 is 1.64 bits per heavy atom. The summed E-state index contributed by atoms with van der Waals surface area (Å²) < 4.78 is 0. The largest absolute Gasteiger partial charge is 0.409 e. The summed E-state index contributed by atoms with van der Waals surface area (Å²) in [6.45, 7) is 4.37. The minimum absolute atomic E-state index is 0.304. The van der Waals surface area contributed by atoms with E-state index in [9.17, 15) is 0 Å². The van der Waals surface area contributed by atoms with Gasteiger partial charge in [-0.25, -0.2) is 0 Å². The van der Waals surface area contributed by atoms with Crippen LogP contribution in [0.25, 0.3) is 0 Å². The molecule has 0 unspecified atom stereocenters. The van der Waals surface area contributed by atoms with Gasteiger partial charge < -0.3 is 10.9 Å². The van der Waals surface area contributed by atoms with Gasteiger partial charge in [-0.05, 0) is 18.1 Å². The fourth-order valence-electron chi connectivity index (χ4n) is 0.525. The Bertz CT molecular complexity index is 126. The van der Waals surface area contributed by atoms with Crippen molar-refractivity contribution >= 4 is 17.6 Å². The van der Waals surface area contributed by atoms with Gasteiger partial charge in [0, 0.05) is 0 Å². The van der Waals surface area contributed by atoms with Gasteiger partial charge in [-0.1, -0.05) is 19.0 Å². The second-order valence-corrected chi connectivity index (χ2v) is 3.93. The molecular formula is C7H16N2OS. The van der Waals surface area contributed by atoms with Crippen molar-refractivity contribution in [2.45, 2.75) is 20.3 Å². The maximum absolute atomic E-state index is 8.19. The molecule has 0 aromatic carbocycles. The molecule has 0 aliphatic heterocycles. The zero-order valence-corrected chi connectivity index (χ0v) is 7.90. The van der Waals surface area contributed by atoms with Crippen molar-refractivity contribution in [3.63, 3.8) is 0 Å². The minimum atomic E-state index is 0.304. The zero-order valence-electron chi connectivity index (χ0n) is 7.08. The molecule has 0 bridgehead atoms. The molecule has 0 heterocycles. The number of thioether (sulfide) groups is 1. The van der Waals surface area contributed by atoms with Crippen LogP contribution in [0.1, 0.15) is 20.3 Å². The van der Waals surface area contributed by atoms with Crippen LogP contribution in [0.2, 0.25) is 0 Å². The number of oxime groups is 1. The lowest BCUT2D eigenvalue weighted by molar-refractivity contribution is 0.318. The Kier molecular flexibility index (Phi) is 6.12. The summed E-state index contributed by atoms with van der Waals surface area (Å²) in [6.07, 6.45) is 1.18. The van der Waals surface area contributed by atoms with E-state index in [1.807, 2.05) is 0 Å². The Morgan fingerprint density at radius 3 is 2.73 bits per heavy atom. The van der Waals surface area contributed by atoms with Crippen molar-refractivity contribution < 1.29 is 5.21 Å². The second kappa shape index (κ2) is 6.34. The van der Waals surface area contributed by atoms with Crippen molar-refractivity contribution in [1.29, 1.82) is 0 Å². The predicted octanol–water partition coefficient (Wildman–Crippen LogP) is 1.51. The van der Waals surface area contributed by atoms with Crippen LogP contribution in [0.15, 0.2) is 5.16 Å².